The predicted molar refractivity (Wildman–Crippen MR) is 82.2 cm³/mol. The van der Waals surface area contributed by atoms with Crippen LogP contribution in [0, 0.1) is 19.7 Å². The zero-order chi connectivity index (χ0) is 15.0. The number of rotatable bonds is 3. The molecule has 1 aliphatic heterocycles. The molecule has 3 rings (SSSR count). The van der Waals surface area contributed by atoms with Crippen LogP contribution >= 0.6 is 0 Å². The highest BCUT2D eigenvalue weighted by atomic mass is 19.1. The lowest BCUT2D eigenvalue weighted by molar-refractivity contribution is 0.183. The third-order valence-electron chi connectivity index (χ3n) is 4.17. The maximum absolute atomic E-state index is 13.8. The van der Waals surface area contributed by atoms with Gasteiger partial charge in [-0.2, -0.15) is 0 Å². The molecule has 2 nitrogen and oxygen atoms in total. The number of aryl methyl sites for hydroxylation is 2. The topological polar surface area (TPSA) is 21.3 Å². The molecule has 21 heavy (non-hydrogen) atoms. The summed E-state index contributed by atoms with van der Waals surface area (Å²) in [5.74, 6) is 0.836. The molecule has 2 unspecified atom stereocenters. The van der Waals surface area contributed by atoms with Crippen molar-refractivity contribution in [3.05, 3.63) is 64.5 Å². The lowest BCUT2D eigenvalue weighted by atomic mass is 9.95. The first-order valence-electron chi connectivity index (χ1n) is 7.28. The molecule has 1 N–H and O–H groups in total. The second-order valence-corrected chi connectivity index (χ2v) is 5.70. The van der Waals surface area contributed by atoms with E-state index in [1.165, 1.54) is 5.56 Å². The van der Waals surface area contributed by atoms with Gasteiger partial charge in [0.15, 0.2) is 0 Å². The molecule has 0 saturated heterocycles. The quantitative estimate of drug-likeness (QED) is 0.928. The molecule has 0 amide bonds. The Hall–Kier alpha value is -1.87. The van der Waals surface area contributed by atoms with Crippen LogP contribution in [0.15, 0.2) is 36.4 Å². The zero-order valence-electron chi connectivity index (χ0n) is 12.6. The SMILES string of the molecule is CNC(c1cc(C)c(F)c(C)c1)C1Cc2ccccc2O1. The largest absolute Gasteiger partial charge is 0.488 e. The van der Waals surface area contributed by atoms with E-state index in [1.807, 2.05) is 51.2 Å². The van der Waals surface area contributed by atoms with Crippen LogP contribution < -0.4 is 10.1 Å². The molecule has 0 aliphatic carbocycles. The van der Waals surface area contributed by atoms with Crippen molar-refractivity contribution in [2.45, 2.75) is 32.4 Å². The lowest BCUT2D eigenvalue weighted by Crippen LogP contribution is -2.32. The van der Waals surface area contributed by atoms with Crippen molar-refractivity contribution in [1.29, 1.82) is 0 Å². The maximum atomic E-state index is 13.8. The summed E-state index contributed by atoms with van der Waals surface area (Å²) < 4.78 is 19.9. The molecule has 0 bridgehead atoms. The number of hydrogen-bond donors (Lipinski definition) is 1. The van der Waals surface area contributed by atoms with E-state index in [2.05, 4.69) is 11.4 Å². The van der Waals surface area contributed by atoms with Crippen molar-refractivity contribution in [2.75, 3.05) is 7.05 Å². The van der Waals surface area contributed by atoms with Crippen molar-refractivity contribution in [3.8, 4) is 5.75 Å². The fourth-order valence-electron chi connectivity index (χ4n) is 3.12. The predicted octanol–water partition coefficient (Wildman–Crippen LogP) is 3.71. The second-order valence-electron chi connectivity index (χ2n) is 5.70. The van der Waals surface area contributed by atoms with Gasteiger partial charge in [-0.1, -0.05) is 30.3 Å². The Bertz CT molecular complexity index is 620. The first-order chi connectivity index (χ1) is 10.1. The molecule has 2 aromatic rings. The van der Waals surface area contributed by atoms with Crippen LogP contribution in [-0.2, 0) is 6.42 Å². The molecular weight excluding hydrogens is 265 g/mol. The first kappa shape index (κ1) is 14.1. The number of halogens is 1. The minimum absolute atomic E-state index is 0.0386. The summed E-state index contributed by atoms with van der Waals surface area (Å²) in [5, 5.41) is 3.32. The summed E-state index contributed by atoms with van der Waals surface area (Å²) >= 11 is 0. The third kappa shape index (κ3) is 2.54. The first-order valence-corrected chi connectivity index (χ1v) is 7.28. The molecule has 0 spiro atoms. The summed E-state index contributed by atoms with van der Waals surface area (Å²) in [6.07, 6.45) is 0.911. The van der Waals surface area contributed by atoms with Crippen molar-refractivity contribution in [1.82, 2.24) is 5.32 Å². The fraction of sp³-hybridized carbons (Fsp3) is 0.333. The highest BCUT2D eigenvalue weighted by molar-refractivity contribution is 5.39. The second kappa shape index (κ2) is 5.49. The van der Waals surface area contributed by atoms with E-state index in [9.17, 15) is 4.39 Å². The normalized spacial score (nSPS) is 18.2. The Morgan fingerprint density at radius 1 is 1.19 bits per heavy atom. The molecule has 1 heterocycles. The summed E-state index contributed by atoms with van der Waals surface area (Å²) in [4.78, 5) is 0. The molecule has 0 fully saturated rings. The smallest absolute Gasteiger partial charge is 0.129 e. The van der Waals surface area contributed by atoms with Crippen LogP contribution in [0.3, 0.4) is 0 Å². The van der Waals surface area contributed by atoms with E-state index < -0.39 is 0 Å². The van der Waals surface area contributed by atoms with Gasteiger partial charge in [0.25, 0.3) is 0 Å². The van der Waals surface area contributed by atoms with E-state index in [4.69, 9.17) is 4.74 Å². The number of ether oxygens (including phenoxy) is 1. The van der Waals surface area contributed by atoms with Gasteiger partial charge >= 0.3 is 0 Å². The van der Waals surface area contributed by atoms with Crippen molar-refractivity contribution in [2.24, 2.45) is 0 Å². The van der Waals surface area contributed by atoms with Gasteiger partial charge in [-0.05, 0) is 49.2 Å². The number of nitrogens with one attached hydrogen (secondary N) is 1. The van der Waals surface area contributed by atoms with E-state index >= 15 is 0 Å². The monoisotopic (exact) mass is 285 g/mol. The number of benzene rings is 2. The molecule has 3 heteroatoms. The average Bonchev–Trinajstić information content (AvgIpc) is 2.89. The summed E-state index contributed by atoms with van der Waals surface area (Å²) in [7, 11) is 1.92. The van der Waals surface area contributed by atoms with Gasteiger partial charge in [0.05, 0.1) is 6.04 Å². The van der Waals surface area contributed by atoms with Crippen LogP contribution in [0.1, 0.15) is 28.3 Å². The average molecular weight is 285 g/mol. The lowest BCUT2D eigenvalue weighted by Gasteiger charge is -2.24. The maximum Gasteiger partial charge on any atom is 0.129 e. The molecule has 2 aromatic carbocycles. The fourth-order valence-corrected chi connectivity index (χ4v) is 3.12. The molecule has 0 aromatic heterocycles. The van der Waals surface area contributed by atoms with Crippen LogP contribution in [0.25, 0.3) is 0 Å². The number of hydrogen-bond acceptors (Lipinski definition) is 2. The molecule has 0 radical (unpaired) electrons. The number of fused-ring (bicyclic) bond motifs is 1. The summed E-state index contributed by atoms with van der Waals surface area (Å²) in [6.45, 7) is 3.62. The van der Waals surface area contributed by atoms with Gasteiger partial charge in [0.1, 0.15) is 17.7 Å². The Balaban J connectivity index is 1.91. The van der Waals surface area contributed by atoms with Crippen molar-refractivity contribution >= 4 is 0 Å². The van der Waals surface area contributed by atoms with Gasteiger partial charge in [0, 0.05) is 6.42 Å². The third-order valence-corrected chi connectivity index (χ3v) is 4.17. The van der Waals surface area contributed by atoms with Gasteiger partial charge in [-0.25, -0.2) is 4.39 Å². The zero-order valence-corrected chi connectivity index (χ0v) is 12.6. The van der Waals surface area contributed by atoms with Gasteiger partial charge in [-0.3, -0.25) is 0 Å². The van der Waals surface area contributed by atoms with Gasteiger partial charge in [-0.15, -0.1) is 0 Å². The summed E-state index contributed by atoms with van der Waals surface area (Å²) in [5.41, 5.74) is 3.67. The van der Waals surface area contributed by atoms with Gasteiger partial charge < -0.3 is 10.1 Å². The molecule has 2 atom stereocenters. The van der Waals surface area contributed by atoms with Crippen LogP contribution in [0.5, 0.6) is 5.75 Å². The Morgan fingerprint density at radius 3 is 2.48 bits per heavy atom. The van der Waals surface area contributed by atoms with Crippen molar-refractivity contribution in [3.63, 3.8) is 0 Å². The van der Waals surface area contributed by atoms with Crippen LogP contribution in [0.2, 0.25) is 0 Å². The highest BCUT2D eigenvalue weighted by Crippen LogP contribution is 2.34. The Labute approximate surface area is 125 Å². The molecule has 0 saturated carbocycles. The minimum Gasteiger partial charge on any atom is -0.488 e. The van der Waals surface area contributed by atoms with Crippen LogP contribution in [-0.4, -0.2) is 13.2 Å². The van der Waals surface area contributed by atoms with E-state index in [0.717, 1.165) is 17.7 Å². The van der Waals surface area contributed by atoms with E-state index in [-0.39, 0.29) is 18.0 Å². The molecular formula is C18H20FNO. The number of likely N-dealkylation sites (N-methyl/N-ethyl adjacent to an activating group) is 1. The highest BCUT2D eigenvalue weighted by Gasteiger charge is 2.30. The minimum atomic E-state index is -0.121. The molecule has 110 valence electrons. The van der Waals surface area contributed by atoms with E-state index in [1.54, 1.807) is 0 Å². The van der Waals surface area contributed by atoms with Gasteiger partial charge in [0.2, 0.25) is 0 Å². The van der Waals surface area contributed by atoms with Crippen molar-refractivity contribution < 1.29 is 9.13 Å². The van der Waals surface area contributed by atoms with Crippen LogP contribution in [0.4, 0.5) is 4.39 Å². The van der Waals surface area contributed by atoms with E-state index in [0.29, 0.717) is 11.1 Å². The Kier molecular flexibility index (Phi) is 3.68. The number of para-hydroxylation sites is 1. The standard InChI is InChI=1S/C18H20FNO/c1-11-8-14(9-12(2)17(11)19)18(20-3)16-10-13-6-4-5-7-15(13)21-16/h4-9,16,18,20H,10H2,1-3H3. The molecule has 1 aliphatic rings. The summed E-state index contributed by atoms with van der Waals surface area (Å²) in [6, 6.07) is 12.0. The Morgan fingerprint density at radius 2 is 1.86 bits per heavy atom.